The maximum Gasteiger partial charge on any atom is 0.259 e. The fraction of sp³-hybridized carbons (Fsp3) is 0.462. The number of methoxy groups -OCH3 is 2. The van der Waals surface area contributed by atoms with Gasteiger partial charge in [-0.2, -0.15) is 0 Å². The number of benzene rings is 1. The molecule has 0 N–H and O–H groups in total. The summed E-state index contributed by atoms with van der Waals surface area (Å²) in [5.41, 5.74) is 2.87. The Labute approximate surface area is 195 Å². The number of hydrogen-bond acceptors (Lipinski definition) is 6. The zero-order valence-electron chi connectivity index (χ0n) is 20.5. The van der Waals surface area contributed by atoms with E-state index in [0.29, 0.717) is 5.39 Å². The monoisotopic (exact) mass is 450 g/mol. The molecule has 1 fully saturated rings. The van der Waals surface area contributed by atoms with Crippen molar-refractivity contribution >= 4 is 16.6 Å². The molecule has 3 heterocycles. The van der Waals surface area contributed by atoms with Crippen LogP contribution in [-0.2, 0) is 13.6 Å². The lowest BCUT2D eigenvalue weighted by atomic mass is 9.97. The molecule has 0 atom stereocenters. The molecule has 7 nitrogen and oxygen atoms in total. The van der Waals surface area contributed by atoms with Crippen molar-refractivity contribution in [1.29, 1.82) is 0 Å². The predicted octanol–water partition coefficient (Wildman–Crippen LogP) is 3.92. The number of aryl methyl sites for hydroxylation is 1. The van der Waals surface area contributed by atoms with Gasteiger partial charge < -0.3 is 18.9 Å². The van der Waals surface area contributed by atoms with Gasteiger partial charge in [-0.25, -0.2) is 4.98 Å². The van der Waals surface area contributed by atoms with Crippen LogP contribution < -0.4 is 19.9 Å². The van der Waals surface area contributed by atoms with E-state index in [4.69, 9.17) is 9.47 Å². The highest BCUT2D eigenvalue weighted by Crippen LogP contribution is 2.38. The average molecular weight is 451 g/mol. The number of anilines is 1. The Morgan fingerprint density at radius 3 is 2.27 bits per heavy atom. The minimum absolute atomic E-state index is 0.0681. The van der Waals surface area contributed by atoms with E-state index in [9.17, 15) is 4.79 Å². The van der Waals surface area contributed by atoms with Crippen molar-refractivity contribution in [3.63, 3.8) is 0 Å². The summed E-state index contributed by atoms with van der Waals surface area (Å²) in [6, 6.07) is 6.08. The summed E-state index contributed by atoms with van der Waals surface area (Å²) in [5, 5.41) is 1.45. The normalized spacial score (nSPS) is 15.1. The largest absolute Gasteiger partial charge is 0.496 e. The van der Waals surface area contributed by atoms with E-state index in [-0.39, 0.29) is 5.56 Å². The Morgan fingerprint density at radius 1 is 1.06 bits per heavy atom. The van der Waals surface area contributed by atoms with E-state index < -0.39 is 0 Å². The third-order valence-corrected chi connectivity index (χ3v) is 6.69. The Morgan fingerprint density at radius 2 is 1.70 bits per heavy atom. The van der Waals surface area contributed by atoms with E-state index in [1.807, 2.05) is 31.3 Å². The van der Waals surface area contributed by atoms with Gasteiger partial charge in [-0.1, -0.05) is 6.92 Å². The highest BCUT2D eigenvalue weighted by Gasteiger charge is 2.21. The molecule has 176 valence electrons. The number of ether oxygens (including phenoxy) is 2. The van der Waals surface area contributed by atoms with Crippen molar-refractivity contribution in [1.82, 2.24) is 14.5 Å². The molecule has 1 aromatic carbocycles. The van der Waals surface area contributed by atoms with Gasteiger partial charge in [-0.3, -0.25) is 9.69 Å². The molecule has 4 rings (SSSR count). The van der Waals surface area contributed by atoms with Crippen molar-refractivity contribution in [2.24, 2.45) is 13.0 Å². The molecule has 0 bridgehead atoms. The third kappa shape index (κ3) is 4.55. The van der Waals surface area contributed by atoms with Crippen molar-refractivity contribution in [3.05, 3.63) is 46.5 Å². The van der Waals surface area contributed by atoms with E-state index in [1.54, 1.807) is 32.0 Å². The Hall–Kier alpha value is -3.06. The van der Waals surface area contributed by atoms with E-state index in [2.05, 4.69) is 28.9 Å². The molecular weight excluding hydrogens is 416 g/mol. The molecule has 0 amide bonds. The molecule has 1 aliphatic rings. The van der Waals surface area contributed by atoms with Crippen LogP contribution in [0.3, 0.4) is 0 Å². The van der Waals surface area contributed by atoms with Gasteiger partial charge in [-0.15, -0.1) is 0 Å². The lowest BCUT2D eigenvalue weighted by molar-refractivity contribution is 0.181. The zero-order valence-corrected chi connectivity index (χ0v) is 20.5. The van der Waals surface area contributed by atoms with Crippen molar-refractivity contribution in [2.75, 3.05) is 46.3 Å². The van der Waals surface area contributed by atoms with Gasteiger partial charge in [0, 0.05) is 51.0 Å². The second-order valence-corrected chi connectivity index (χ2v) is 9.26. The first-order valence-electron chi connectivity index (χ1n) is 11.5. The smallest absolute Gasteiger partial charge is 0.259 e. The average Bonchev–Trinajstić information content (AvgIpc) is 2.82. The van der Waals surface area contributed by atoms with Crippen LogP contribution in [0.25, 0.3) is 21.9 Å². The van der Waals surface area contributed by atoms with Gasteiger partial charge in [0.05, 0.1) is 25.2 Å². The minimum atomic E-state index is -0.0681. The summed E-state index contributed by atoms with van der Waals surface area (Å²) in [7, 11) is 9.06. The zero-order chi connectivity index (χ0) is 23.7. The predicted molar refractivity (Wildman–Crippen MR) is 134 cm³/mol. The van der Waals surface area contributed by atoms with Gasteiger partial charge in [0.15, 0.2) is 0 Å². The first-order chi connectivity index (χ1) is 15.8. The molecule has 7 heteroatoms. The van der Waals surface area contributed by atoms with Crippen LogP contribution in [0.15, 0.2) is 35.4 Å². The molecule has 1 aliphatic heterocycles. The number of aromatic nitrogens is 2. The fourth-order valence-corrected chi connectivity index (χ4v) is 4.56. The molecule has 0 aliphatic carbocycles. The topological polar surface area (TPSA) is 59.8 Å². The molecule has 2 aromatic heterocycles. The maximum absolute atomic E-state index is 12.8. The van der Waals surface area contributed by atoms with Crippen molar-refractivity contribution in [3.8, 4) is 22.6 Å². The lowest BCUT2D eigenvalue weighted by Crippen LogP contribution is -2.32. The molecule has 0 saturated carbocycles. The Balaban J connectivity index is 1.85. The van der Waals surface area contributed by atoms with Gasteiger partial charge in [0.2, 0.25) is 0 Å². The molecule has 0 unspecified atom stereocenters. The first kappa shape index (κ1) is 23.1. The summed E-state index contributed by atoms with van der Waals surface area (Å²) in [5.74, 6) is 3.18. The van der Waals surface area contributed by atoms with Crippen LogP contribution in [0.5, 0.6) is 11.5 Å². The number of hydrogen-bond donors (Lipinski definition) is 0. The molecule has 33 heavy (non-hydrogen) atoms. The second-order valence-electron chi connectivity index (χ2n) is 9.26. The standard InChI is InChI=1S/C26H34N4O3/c1-17-7-9-30(10-8-17)16-22-23(32-5)11-18(12-24(22)33-6)21-15-29(4)26(31)20-14-27-25(28(2)3)13-19(20)21/h11-15,17H,7-10,16H2,1-6H3. The maximum atomic E-state index is 12.8. The summed E-state index contributed by atoms with van der Waals surface area (Å²) < 4.78 is 13.3. The van der Waals surface area contributed by atoms with Crippen molar-refractivity contribution < 1.29 is 9.47 Å². The molecule has 0 radical (unpaired) electrons. The molecule has 1 saturated heterocycles. The number of rotatable bonds is 6. The van der Waals surface area contributed by atoms with Crippen LogP contribution in [0.2, 0.25) is 0 Å². The fourth-order valence-electron chi connectivity index (χ4n) is 4.56. The van der Waals surface area contributed by atoms with Gasteiger partial charge >= 0.3 is 0 Å². The van der Waals surface area contributed by atoms with Crippen LogP contribution in [0, 0.1) is 5.92 Å². The van der Waals surface area contributed by atoms with Gasteiger partial charge in [0.1, 0.15) is 17.3 Å². The van der Waals surface area contributed by atoms with Crippen molar-refractivity contribution in [2.45, 2.75) is 26.3 Å². The van der Waals surface area contributed by atoms with Crippen LogP contribution in [0.1, 0.15) is 25.3 Å². The number of pyridine rings is 2. The molecule has 0 spiro atoms. The van der Waals surface area contributed by atoms with Gasteiger partial charge in [0.25, 0.3) is 5.56 Å². The molecule has 3 aromatic rings. The van der Waals surface area contributed by atoms with E-state index in [1.165, 1.54) is 12.8 Å². The van der Waals surface area contributed by atoms with E-state index in [0.717, 1.165) is 64.9 Å². The number of fused-ring (bicyclic) bond motifs is 1. The van der Waals surface area contributed by atoms with Crippen LogP contribution in [0.4, 0.5) is 5.82 Å². The first-order valence-corrected chi connectivity index (χ1v) is 11.5. The number of piperidine rings is 1. The summed E-state index contributed by atoms with van der Waals surface area (Å²) in [4.78, 5) is 21.6. The third-order valence-electron chi connectivity index (χ3n) is 6.69. The second kappa shape index (κ2) is 9.43. The summed E-state index contributed by atoms with van der Waals surface area (Å²) >= 11 is 0. The summed E-state index contributed by atoms with van der Waals surface area (Å²) in [6.07, 6.45) is 5.98. The minimum Gasteiger partial charge on any atom is -0.496 e. The number of nitrogens with zero attached hydrogens (tertiary/aromatic N) is 4. The van der Waals surface area contributed by atoms with Crippen LogP contribution in [-0.4, -0.2) is 55.9 Å². The Kier molecular flexibility index (Phi) is 6.61. The quantitative estimate of drug-likeness (QED) is 0.567. The van der Waals surface area contributed by atoms with E-state index >= 15 is 0 Å². The lowest BCUT2D eigenvalue weighted by Gasteiger charge is -2.31. The number of likely N-dealkylation sites (tertiary alicyclic amines) is 1. The highest BCUT2D eigenvalue weighted by molar-refractivity contribution is 5.97. The summed E-state index contributed by atoms with van der Waals surface area (Å²) in [6.45, 7) is 5.28. The van der Waals surface area contributed by atoms with Gasteiger partial charge in [-0.05, 0) is 55.6 Å². The van der Waals surface area contributed by atoms with Crippen LogP contribution >= 0.6 is 0 Å². The Bertz CT molecular complexity index is 1190. The molecular formula is C26H34N4O3. The highest BCUT2D eigenvalue weighted by atomic mass is 16.5. The SMILES string of the molecule is COc1cc(-c2cn(C)c(=O)c3cnc(N(C)C)cc23)cc(OC)c1CN1CCC(C)CC1.